The molecule has 6 nitrogen and oxygen atoms in total. The first-order chi connectivity index (χ1) is 13.5. The number of thiophene rings is 1. The molecule has 152 valence electrons. The topological polar surface area (TPSA) is 67.2 Å². The van der Waals surface area contributed by atoms with Crippen LogP contribution in [-0.2, 0) is 6.54 Å². The Morgan fingerprint density at radius 2 is 2.21 bits per heavy atom. The number of aryl methyl sites for hydroxylation is 2. The van der Waals surface area contributed by atoms with Crippen molar-refractivity contribution in [3.63, 3.8) is 0 Å². The second-order valence-corrected chi connectivity index (χ2v) is 9.44. The summed E-state index contributed by atoms with van der Waals surface area (Å²) in [5, 5.41) is 4.33. The average Bonchev–Trinajstić information content (AvgIpc) is 2.88. The van der Waals surface area contributed by atoms with E-state index in [2.05, 4.69) is 22.1 Å². The van der Waals surface area contributed by atoms with Crippen molar-refractivity contribution in [2.24, 2.45) is 0 Å². The summed E-state index contributed by atoms with van der Waals surface area (Å²) in [4.78, 5) is 34.4. The first-order valence-electron chi connectivity index (χ1n) is 10.5. The van der Waals surface area contributed by atoms with Gasteiger partial charge in [0.25, 0.3) is 11.5 Å². The molecule has 0 spiro atoms. The maximum atomic E-state index is 13.6. The number of amides is 1. The van der Waals surface area contributed by atoms with Gasteiger partial charge in [0.15, 0.2) is 0 Å². The van der Waals surface area contributed by atoms with Gasteiger partial charge in [0, 0.05) is 24.7 Å². The lowest BCUT2D eigenvalue weighted by molar-refractivity contribution is 0.0383. The minimum Gasteiger partial charge on any atom is -0.333 e. The summed E-state index contributed by atoms with van der Waals surface area (Å²) < 4.78 is 1.66. The maximum absolute atomic E-state index is 13.6. The van der Waals surface area contributed by atoms with Crippen molar-refractivity contribution in [2.45, 2.75) is 77.4 Å². The van der Waals surface area contributed by atoms with Crippen LogP contribution in [0.4, 0.5) is 0 Å². The predicted molar refractivity (Wildman–Crippen MR) is 113 cm³/mol. The molecule has 1 amide bonds. The normalized spacial score (nSPS) is 25.5. The number of carbonyl (C=O) groups excluding carboxylic acids is 1. The van der Waals surface area contributed by atoms with E-state index in [1.165, 1.54) is 11.3 Å². The molecule has 4 heterocycles. The van der Waals surface area contributed by atoms with Crippen LogP contribution in [0.3, 0.4) is 0 Å². The molecular formula is C21H30N4O2S. The number of piperidine rings is 1. The van der Waals surface area contributed by atoms with E-state index in [0.29, 0.717) is 21.6 Å². The van der Waals surface area contributed by atoms with E-state index in [-0.39, 0.29) is 23.0 Å². The van der Waals surface area contributed by atoms with Crippen LogP contribution in [0.15, 0.2) is 11.1 Å². The van der Waals surface area contributed by atoms with Gasteiger partial charge in [0.05, 0.1) is 16.6 Å². The fourth-order valence-corrected chi connectivity index (χ4v) is 6.03. The fraction of sp³-hybridized carbons (Fsp3) is 0.667. The van der Waals surface area contributed by atoms with Gasteiger partial charge >= 0.3 is 0 Å². The van der Waals surface area contributed by atoms with Gasteiger partial charge in [-0.25, -0.2) is 4.98 Å². The van der Waals surface area contributed by atoms with Crippen molar-refractivity contribution in [1.82, 2.24) is 19.8 Å². The van der Waals surface area contributed by atoms with E-state index in [0.717, 1.165) is 57.2 Å². The zero-order valence-electron chi connectivity index (χ0n) is 17.1. The minimum atomic E-state index is -0.0285. The second kappa shape index (κ2) is 7.59. The summed E-state index contributed by atoms with van der Waals surface area (Å²) >= 11 is 1.37. The van der Waals surface area contributed by atoms with Crippen LogP contribution in [-0.4, -0.2) is 45.0 Å². The van der Waals surface area contributed by atoms with Gasteiger partial charge in [-0.2, -0.15) is 0 Å². The zero-order valence-corrected chi connectivity index (χ0v) is 17.9. The van der Waals surface area contributed by atoms with Crippen molar-refractivity contribution in [1.29, 1.82) is 0 Å². The number of aromatic nitrogens is 2. The van der Waals surface area contributed by atoms with Gasteiger partial charge in [-0.05, 0) is 58.1 Å². The second-order valence-electron chi connectivity index (χ2n) is 8.44. The summed E-state index contributed by atoms with van der Waals surface area (Å²) in [6, 6.07) is 0.213. The minimum absolute atomic E-state index is 0.0128. The number of nitrogens with zero attached hydrogens (tertiary/aromatic N) is 3. The first-order valence-corrected chi connectivity index (χ1v) is 11.3. The third-order valence-corrected chi connectivity index (χ3v) is 7.66. The lowest BCUT2D eigenvalue weighted by Gasteiger charge is -2.48. The lowest BCUT2D eigenvalue weighted by atomic mass is 9.81. The van der Waals surface area contributed by atoms with Gasteiger partial charge in [0.1, 0.15) is 4.83 Å². The van der Waals surface area contributed by atoms with Crippen molar-refractivity contribution in [3.8, 4) is 0 Å². The number of hydrogen-bond donors (Lipinski definition) is 1. The van der Waals surface area contributed by atoms with Gasteiger partial charge in [-0.1, -0.05) is 13.3 Å². The quantitative estimate of drug-likeness (QED) is 0.855. The molecule has 0 unspecified atom stereocenters. The summed E-state index contributed by atoms with van der Waals surface area (Å²) in [5.41, 5.74) is 0.752. The number of rotatable bonds is 3. The molecule has 2 atom stereocenters. The molecule has 2 aliphatic heterocycles. The smallest absolute Gasteiger partial charge is 0.264 e. The number of carbonyl (C=O) groups is 1. The summed E-state index contributed by atoms with van der Waals surface area (Å²) in [7, 11) is 0. The molecule has 0 aromatic carbocycles. The lowest BCUT2D eigenvalue weighted by Crippen LogP contribution is -2.62. The molecular weight excluding hydrogens is 372 g/mol. The average molecular weight is 403 g/mol. The zero-order chi connectivity index (χ0) is 19.9. The highest BCUT2D eigenvalue weighted by Gasteiger charge is 2.44. The Labute approximate surface area is 169 Å². The Hall–Kier alpha value is -1.73. The van der Waals surface area contributed by atoms with Crippen molar-refractivity contribution < 1.29 is 4.79 Å². The highest BCUT2D eigenvalue weighted by Crippen LogP contribution is 2.36. The molecule has 0 radical (unpaired) electrons. The van der Waals surface area contributed by atoms with Crippen molar-refractivity contribution in [3.05, 3.63) is 27.1 Å². The Kier molecular flexibility index (Phi) is 5.31. The molecule has 2 fully saturated rings. The molecule has 2 aromatic rings. The fourth-order valence-electron chi connectivity index (χ4n) is 4.94. The molecule has 4 rings (SSSR count). The molecule has 0 aliphatic carbocycles. The van der Waals surface area contributed by atoms with Gasteiger partial charge in [-0.3, -0.25) is 14.2 Å². The Morgan fingerprint density at radius 1 is 1.39 bits per heavy atom. The predicted octanol–water partition coefficient (Wildman–Crippen LogP) is 3.31. The van der Waals surface area contributed by atoms with Crippen LogP contribution in [0.25, 0.3) is 10.2 Å². The van der Waals surface area contributed by atoms with Gasteiger partial charge < -0.3 is 10.2 Å². The number of hydrogen-bond acceptors (Lipinski definition) is 5. The van der Waals surface area contributed by atoms with Gasteiger partial charge in [0.2, 0.25) is 0 Å². The summed E-state index contributed by atoms with van der Waals surface area (Å²) in [5.74, 6) is 0.0709. The Balaban J connectivity index is 1.73. The molecule has 0 saturated carbocycles. The highest BCUT2D eigenvalue weighted by atomic mass is 32.1. The molecule has 0 bridgehead atoms. The summed E-state index contributed by atoms with van der Waals surface area (Å²) in [6.45, 7) is 8.68. The van der Waals surface area contributed by atoms with E-state index < -0.39 is 0 Å². The van der Waals surface area contributed by atoms with Gasteiger partial charge in [-0.15, -0.1) is 11.3 Å². The van der Waals surface area contributed by atoms with Crippen LogP contribution in [0, 0.1) is 6.92 Å². The van der Waals surface area contributed by atoms with Crippen LogP contribution in [0.2, 0.25) is 0 Å². The third-order valence-electron chi connectivity index (χ3n) is 6.48. The van der Waals surface area contributed by atoms with Crippen molar-refractivity contribution >= 4 is 27.5 Å². The van der Waals surface area contributed by atoms with E-state index in [1.54, 1.807) is 10.9 Å². The highest BCUT2D eigenvalue weighted by molar-refractivity contribution is 7.20. The van der Waals surface area contributed by atoms with Crippen LogP contribution in [0.1, 0.15) is 67.6 Å². The monoisotopic (exact) mass is 402 g/mol. The number of nitrogens with one attached hydrogen (secondary N) is 1. The molecule has 2 aromatic heterocycles. The molecule has 28 heavy (non-hydrogen) atoms. The Morgan fingerprint density at radius 3 is 3.00 bits per heavy atom. The van der Waals surface area contributed by atoms with Crippen molar-refractivity contribution in [2.75, 3.05) is 13.1 Å². The van der Waals surface area contributed by atoms with E-state index >= 15 is 0 Å². The van der Waals surface area contributed by atoms with Crippen LogP contribution in [0.5, 0.6) is 0 Å². The first kappa shape index (κ1) is 19.6. The molecule has 2 saturated heterocycles. The van der Waals surface area contributed by atoms with E-state index in [9.17, 15) is 9.59 Å². The molecule has 2 aliphatic rings. The largest absolute Gasteiger partial charge is 0.333 e. The maximum Gasteiger partial charge on any atom is 0.264 e. The van der Waals surface area contributed by atoms with Crippen LogP contribution >= 0.6 is 11.3 Å². The van der Waals surface area contributed by atoms with E-state index in [4.69, 9.17) is 0 Å². The Bertz CT molecular complexity index is 950. The number of likely N-dealkylation sites (tertiary alicyclic amines) is 1. The van der Waals surface area contributed by atoms with Crippen LogP contribution < -0.4 is 10.9 Å². The van der Waals surface area contributed by atoms with E-state index in [1.807, 2.05) is 13.8 Å². The number of fused-ring (bicyclic) bond motifs is 2. The third kappa shape index (κ3) is 3.18. The molecule has 7 heteroatoms. The standard InChI is InChI=1S/C21H30N4O2S/c1-4-11-24-13-22-18-16(19(24)26)14(2)17(28-18)20(27)25-12-7-9-21(3)15(25)8-5-6-10-23-21/h13,15,23H,4-12H2,1-3H3/t15-,21-/m0/s1. The summed E-state index contributed by atoms with van der Waals surface area (Å²) in [6.07, 6.45) is 7.96. The molecule has 1 N–H and O–H groups in total. The SMILES string of the molecule is CCCn1cnc2sc(C(=O)N3CCC[C@]4(C)NCCCC[C@H]34)c(C)c2c1=O.